The standard InChI is InChI=1S/C12H14ClFO3/c1-7(15)9-6-8(2-3-10(9)14)12(17)11(16)4-5-13/h2-3,6,11-12,16-17H,4-5H2,1H3. The Balaban J connectivity index is 2.99. The van der Waals surface area contributed by atoms with Gasteiger partial charge in [0.05, 0.1) is 11.7 Å². The van der Waals surface area contributed by atoms with E-state index in [1.165, 1.54) is 19.1 Å². The number of hydrogen-bond donors (Lipinski definition) is 2. The second-order valence-electron chi connectivity index (χ2n) is 3.79. The van der Waals surface area contributed by atoms with Crippen molar-refractivity contribution in [1.82, 2.24) is 0 Å². The highest BCUT2D eigenvalue weighted by molar-refractivity contribution is 6.17. The highest BCUT2D eigenvalue weighted by Crippen LogP contribution is 2.22. The zero-order valence-electron chi connectivity index (χ0n) is 9.36. The van der Waals surface area contributed by atoms with Gasteiger partial charge in [0, 0.05) is 5.88 Å². The van der Waals surface area contributed by atoms with E-state index in [0.29, 0.717) is 5.56 Å². The van der Waals surface area contributed by atoms with Crippen LogP contribution in [-0.4, -0.2) is 28.0 Å². The molecule has 2 unspecified atom stereocenters. The molecule has 0 spiro atoms. The van der Waals surface area contributed by atoms with Gasteiger partial charge in [-0.05, 0) is 31.0 Å². The lowest BCUT2D eigenvalue weighted by atomic mass is 9.99. The molecular formula is C12H14ClFO3. The fraction of sp³-hybridized carbons (Fsp3) is 0.417. The van der Waals surface area contributed by atoms with E-state index in [2.05, 4.69) is 0 Å². The SMILES string of the molecule is CC(=O)c1cc(C(O)C(O)CCCl)ccc1F. The second kappa shape index (κ2) is 6.10. The second-order valence-corrected chi connectivity index (χ2v) is 4.16. The number of hydrogen-bond acceptors (Lipinski definition) is 3. The molecule has 17 heavy (non-hydrogen) atoms. The van der Waals surface area contributed by atoms with E-state index in [0.717, 1.165) is 6.07 Å². The molecule has 3 nitrogen and oxygen atoms in total. The number of Topliss-reactive ketones (excluding diaryl/α,β-unsaturated/α-hetero) is 1. The van der Waals surface area contributed by atoms with E-state index in [1.54, 1.807) is 0 Å². The number of halogens is 2. The van der Waals surface area contributed by atoms with E-state index >= 15 is 0 Å². The van der Waals surface area contributed by atoms with Gasteiger partial charge < -0.3 is 10.2 Å². The Kier molecular flexibility index (Phi) is 5.05. The predicted molar refractivity (Wildman–Crippen MR) is 62.7 cm³/mol. The number of aliphatic hydroxyl groups is 2. The summed E-state index contributed by atoms with van der Waals surface area (Å²) in [6, 6.07) is 3.69. The molecule has 0 amide bonds. The molecule has 0 aliphatic heterocycles. The maximum absolute atomic E-state index is 13.2. The Bertz CT molecular complexity index is 409. The van der Waals surface area contributed by atoms with Crippen LogP contribution in [0.15, 0.2) is 18.2 Å². The molecule has 0 aromatic heterocycles. The average molecular weight is 261 g/mol. The maximum atomic E-state index is 13.2. The summed E-state index contributed by atoms with van der Waals surface area (Å²) in [6.45, 7) is 1.24. The van der Waals surface area contributed by atoms with Crippen molar-refractivity contribution in [3.63, 3.8) is 0 Å². The van der Waals surface area contributed by atoms with Crippen molar-refractivity contribution in [3.8, 4) is 0 Å². The zero-order valence-corrected chi connectivity index (χ0v) is 10.1. The topological polar surface area (TPSA) is 57.5 Å². The molecule has 1 rings (SSSR count). The van der Waals surface area contributed by atoms with Crippen LogP contribution in [0.2, 0.25) is 0 Å². The number of benzene rings is 1. The van der Waals surface area contributed by atoms with Gasteiger partial charge >= 0.3 is 0 Å². The maximum Gasteiger partial charge on any atom is 0.162 e. The Hall–Kier alpha value is -0.970. The Morgan fingerprint density at radius 1 is 1.47 bits per heavy atom. The van der Waals surface area contributed by atoms with Crippen LogP contribution in [0.5, 0.6) is 0 Å². The van der Waals surface area contributed by atoms with Crippen molar-refractivity contribution < 1.29 is 19.4 Å². The molecule has 0 fully saturated rings. The van der Waals surface area contributed by atoms with Crippen LogP contribution in [0.3, 0.4) is 0 Å². The van der Waals surface area contributed by atoms with Gasteiger partial charge in [0.25, 0.3) is 0 Å². The van der Waals surface area contributed by atoms with Gasteiger partial charge in [0.2, 0.25) is 0 Å². The van der Waals surface area contributed by atoms with E-state index in [9.17, 15) is 19.4 Å². The van der Waals surface area contributed by atoms with Crippen molar-refractivity contribution >= 4 is 17.4 Å². The molecule has 0 saturated carbocycles. The highest BCUT2D eigenvalue weighted by Gasteiger charge is 2.19. The third-order valence-electron chi connectivity index (χ3n) is 2.48. The Labute approximate surface area is 104 Å². The molecule has 1 aromatic carbocycles. The summed E-state index contributed by atoms with van der Waals surface area (Å²) in [6.07, 6.45) is -1.99. The Morgan fingerprint density at radius 3 is 2.65 bits per heavy atom. The van der Waals surface area contributed by atoms with Gasteiger partial charge in [-0.1, -0.05) is 6.07 Å². The monoisotopic (exact) mass is 260 g/mol. The average Bonchev–Trinajstić information content (AvgIpc) is 2.28. The molecule has 0 radical (unpaired) electrons. The lowest BCUT2D eigenvalue weighted by Crippen LogP contribution is -2.19. The van der Waals surface area contributed by atoms with Crippen LogP contribution in [0.1, 0.15) is 35.4 Å². The molecular weight excluding hydrogens is 247 g/mol. The molecule has 94 valence electrons. The highest BCUT2D eigenvalue weighted by atomic mass is 35.5. The van der Waals surface area contributed by atoms with Crippen molar-refractivity contribution in [2.75, 3.05) is 5.88 Å². The summed E-state index contributed by atoms with van der Waals surface area (Å²) >= 11 is 5.45. The minimum Gasteiger partial charge on any atom is -0.390 e. The fourth-order valence-electron chi connectivity index (χ4n) is 1.49. The smallest absolute Gasteiger partial charge is 0.162 e. The first-order valence-electron chi connectivity index (χ1n) is 5.20. The molecule has 0 bridgehead atoms. The molecule has 0 heterocycles. The summed E-state index contributed by atoms with van der Waals surface area (Å²) in [5.41, 5.74) is 0.203. The summed E-state index contributed by atoms with van der Waals surface area (Å²) in [7, 11) is 0. The third kappa shape index (κ3) is 3.49. The quantitative estimate of drug-likeness (QED) is 0.629. The summed E-state index contributed by atoms with van der Waals surface area (Å²) in [4.78, 5) is 11.1. The molecule has 0 saturated heterocycles. The van der Waals surface area contributed by atoms with Crippen LogP contribution in [0.4, 0.5) is 4.39 Å². The number of rotatable bonds is 5. The van der Waals surface area contributed by atoms with Crippen LogP contribution >= 0.6 is 11.6 Å². The van der Waals surface area contributed by atoms with Gasteiger partial charge in [0.1, 0.15) is 11.9 Å². The third-order valence-corrected chi connectivity index (χ3v) is 2.70. The summed E-state index contributed by atoms with van der Waals surface area (Å²) in [5.74, 6) is -0.859. The van der Waals surface area contributed by atoms with E-state index in [4.69, 9.17) is 11.6 Å². The predicted octanol–water partition coefficient (Wildman–Crippen LogP) is 2.05. The van der Waals surface area contributed by atoms with Crippen LogP contribution in [-0.2, 0) is 0 Å². The largest absolute Gasteiger partial charge is 0.390 e. The van der Waals surface area contributed by atoms with Crippen molar-refractivity contribution in [2.45, 2.75) is 25.6 Å². The van der Waals surface area contributed by atoms with Gasteiger partial charge in [-0.2, -0.15) is 0 Å². The van der Waals surface area contributed by atoms with Gasteiger partial charge in [-0.3, -0.25) is 4.79 Å². The number of ketones is 1. The zero-order chi connectivity index (χ0) is 13.0. The minimum absolute atomic E-state index is 0.0976. The molecule has 1 aromatic rings. The summed E-state index contributed by atoms with van der Waals surface area (Å²) in [5, 5.41) is 19.3. The molecule has 0 aliphatic carbocycles. The van der Waals surface area contributed by atoms with Crippen molar-refractivity contribution in [3.05, 3.63) is 35.1 Å². The molecule has 0 aliphatic rings. The van der Waals surface area contributed by atoms with E-state index in [1.807, 2.05) is 0 Å². The first-order valence-corrected chi connectivity index (χ1v) is 5.73. The summed E-state index contributed by atoms with van der Waals surface area (Å²) < 4.78 is 13.2. The van der Waals surface area contributed by atoms with E-state index < -0.39 is 23.8 Å². The first kappa shape index (κ1) is 14.1. The number of carbonyl (C=O) groups excluding carboxylic acids is 1. The lowest BCUT2D eigenvalue weighted by Gasteiger charge is -2.17. The van der Waals surface area contributed by atoms with Gasteiger partial charge in [-0.25, -0.2) is 4.39 Å². The van der Waals surface area contributed by atoms with Crippen molar-refractivity contribution in [1.29, 1.82) is 0 Å². The molecule has 2 N–H and O–H groups in total. The minimum atomic E-state index is -1.17. The first-order chi connectivity index (χ1) is 7.97. The van der Waals surface area contributed by atoms with Crippen LogP contribution < -0.4 is 0 Å². The normalized spacial score (nSPS) is 14.4. The number of carbonyl (C=O) groups is 1. The number of alkyl halides is 1. The molecule has 5 heteroatoms. The van der Waals surface area contributed by atoms with Crippen LogP contribution in [0.25, 0.3) is 0 Å². The molecule has 2 atom stereocenters. The van der Waals surface area contributed by atoms with Crippen LogP contribution in [0, 0.1) is 5.82 Å². The number of aliphatic hydroxyl groups excluding tert-OH is 2. The van der Waals surface area contributed by atoms with Gasteiger partial charge in [0.15, 0.2) is 5.78 Å². The fourth-order valence-corrected chi connectivity index (χ4v) is 1.71. The van der Waals surface area contributed by atoms with Crippen molar-refractivity contribution in [2.24, 2.45) is 0 Å². The Morgan fingerprint density at radius 2 is 2.12 bits per heavy atom. The van der Waals surface area contributed by atoms with E-state index in [-0.39, 0.29) is 17.9 Å². The van der Waals surface area contributed by atoms with Gasteiger partial charge in [-0.15, -0.1) is 11.6 Å². The lowest BCUT2D eigenvalue weighted by molar-refractivity contribution is 0.0169.